The van der Waals surface area contributed by atoms with Gasteiger partial charge in [-0.25, -0.2) is 4.98 Å². The third-order valence-electron chi connectivity index (χ3n) is 2.77. The fraction of sp³-hybridized carbons (Fsp3) is 0.600. The average Bonchev–Trinajstić information content (AvgIpc) is 2.97. The summed E-state index contributed by atoms with van der Waals surface area (Å²) in [7, 11) is 0. The highest BCUT2D eigenvalue weighted by Gasteiger charge is 2.28. The maximum Gasteiger partial charge on any atom is 0.270 e. The average molecular weight is 225 g/mol. The molecule has 0 saturated heterocycles. The molecule has 15 heavy (non-hydrogen) atoms. The van der Waals surface area contributed by atoms with Gasteiger partial charge in [0.25, 0.3) is 5.91 Å². The Labute approximate surface area is 92.9 Å². The van der Waals surface area contributed by atoms with Gasteiger partial charge >= 0.3 is 0 Å². The topological polar surface area (TPSA) is 68.0 Å². The summed E-state index contributed by atoms with van der Waals surface area (Å²) >= 11 is 1.29. The van der Waals surface area contributed by atoms with Crippen LogP contribution in [0.25, 0.3) is 0 Å². The van der Waals surface area contributed by atoms with Crippen molar-refractivity contribution in [2.24, 2.45) is 11.8 Å². The van der Waals surface area contributed by atoms with Crippen LogP contribution in [0.15, 0.2) is 5.38 Å². The summed E-state index contributed by atoms with van der Waals surface area (Å²) in [6.45, 7) is 2.91. The van der Waals surface area contributed by atoms with Crippen LogP contribution in [0.2, 0.25) is 0 Å². The Morgan fingerprint density at radius 3 is 3.07 bits per heavy atom. The summed E-state index contributed by atoms with van der Waals surface area (Å²) in [4.78, 5) is 15.5. The molecule has 1 fully saturated rings. The molecule has 82 valence electrons. The molecule has 1 heterocycles. The van der Waals surface area contributed by atoms with Gasteiger partial charge in [-0.05, 0) is 24.7 Å². The van der Waals surface area contributed by atoms with Gasteiger partial charge in [0, 0.05) is 11.9 Å². The van der Waals surface area contributed by atoms with Crippen molar-refractivity contribution in [2.75, 3.05) is 12.3 Å². The summed E-state index contributed by atoms with van der Waals surface area (Å²) in [6, 6.07) is 0. The fourth-order valence-corrected chi connectivity index (χ4v) is 2.11. The summed E-state index contributed by atoms with van der Waals surface area (Å²) in [5, 5.41) is 5.01. The third kappa shape index (κ3) is 2.68. The number of nitrogens with one attached hydrogen (secondary N) is 1. The van der Waals surface area contributed by atoms with Crippen molar-refractivity contribution >= 4 is 22.4 Å². The number of hydrogen-bond donors (Lipinski definition) is 2. The number of anilines is 1. The van der Waals surface area contributed by atoms with Gasteiger partial charge in [-0.1, -0.05) is 6.92 Å². The molecule has 3 N–H and O–H groups in total. The molecule has 1 aliphatic rings. The zero-order chi connectivity index (χ0) is 10.8. The Morgan fingerprint density at radius 1 is 1.80 bits per heavy atom. The van der Waals surface area contributed by atoms with Gasteiger partial charge in [0.2, 0.25) is 0 Å². The van der Waals surface area contributed by atoms with E-state index in [1.54, 1.807) is 5.38 Å². The second-order valence-electron chi connectivity index (χ2n) is 4.10. The molecular weight excluding hydrogens is 210 g/mol. The van der Waals surface area contributed by atoms with Crippen molar-refractivity contribution in [1.82, 2.24) is 10.3 Å². The highest BCUT2D eigenvalue weighted by atomic mass is 32.1. The largest absolute Gasteiger partial charge is 0.375 e. The lowest BCUT2D eigenvalue weighted by Gasteiger charge is -2.09. The zero-order valence-corrected chi connectivity index (χ0v) is 9.51. The third-order valence-corrected chi connectivity index (χ3v) is 3.44. The molecule has 1 amide bonds. The van der Waals surface area contributed by atoms with Crippen LogP contribution in [0, 0.1) is 11.8 Å². The first kappa shape index (κ1) is 10.4. The Kier molecular flexibility index (Phi) is 2.90. The van der Waals surface area contributed by atoms with E-state index in [4.69, 9.17) is 5.73 Å². The monoisotopic (exact) mass is 225 g/mol. The maximum absolute atomic E-state index is 11.6. The molecule has 0 aromatic carbocycles. The number of nitrogen functional groups attached to an aromatic ring is 1. The van der Waals surface area contributed by atoms with E-state index in [9.17, 15) is 4.79 Å². The normalized spacial score (nSPS) is 17.4. The van der Waals surface area contributed by atoms with E-state index in [0.717, 1.165) is 12.5 Å². The molecule has 4 nitrogen and oxygen atoms in total. The minimum absolute atomic E-state index is 0.115. The molecular formula is C10H15N3OS. The van der Waals surface area contributed by atoms with E-state index < -0.39 is 0 Å². The van der Waals surface area contributed by atoms with Crippen LogP contribution in [0.3, 0.4) is 0 Å². The first-order valence-electron chi connectivity index (χ1n) is 5.16. The number of thiazole rings is 1. The van der Waals surface area contributed by atoms with E-state index in [1.165, 1.54) is 24.2 Å². The lowest BCUT2D eigenvalue weighted by molar-refractivity contribution is 0.0942. The standard InChI is InChI=1S/C10H15N3OS/c1-6(7-2-3-7)4-12-9(14)8-5-15-10(11)13-8/h5-7H,2-4H2,1H3,(H2,11,13)(H,12,14). The smallest absolute Gasteiger partial charge is 0.270 e. The summed E-state index contributed by atoms with van der Waals surface area (Å²) in [6.07, 6.45) is 2.61. The van der Waals surface area contributed by atoms with Gasteiger partial charge in [-0.3, -0.25) is 4.79 Å². The first-order chi connectivity index (χ1) is 7.16. The molecule has 1 aliphatic carbocycles. The first-order valence-corrected chi connectivity index (χ1v) is 6.04. The number of amides is 1. The van der Waals surface area contributed by atoms with Crippen LogP contribution < -0.4 is 11.1 Å². The lowest BCUT2D eigenvalue weighted by Crippen LogP contribution is -2.29. The number of carbonyl (C=O) groups is 1. The van der Waals surface area contributed by atoms with Crippen LogP contribution in [0.5, 0.6) is 0 Å². The number of carbonyl (C=O) groups excluding carboxylic acids is 1. The van der Waals surface area contributed by atoms with Crippen molar-refractivity contribution < 1.29 is 4.79 Å². The molecule has 1 aromatic heterocycles. The van der Waals surface area contributed by atoms with Crippen LogP contribution >= 0.6 is 11.3 Å². The van der Waals surface area contributed by atoms with Gasteiger partial charge in [0.1, 0.15) is 5.69 Å². The van der Waals surface area contributed by atoms with Crippen molar-refractivity contribution in [1.29, 1.82) is 0 Å². The van der Waals surface area contributed by atoms with Crippen molar-refractivity contribution in [3.05, 3.63) is 11.1 Å². The van der Waals surface area contributed by atoms with Gasteiger partial charge in [-0.15, -0.1) is 11.3 Å². The number of hydrogen-bond acceptors (Lipinski definition) is 4. The second-order valence-corrected chi connectivity index (χ2v) is 4.99. The van der Waals surface area contributed by atoms with E-state index in [0.29, 0.717) is 16.7 Å². The van der Waals surface area contributed by atoms with Crippen molar-refractivity contribution in [3.63, 3.8) is 0 Å². The molecule has 5 heteroatoms. The minimum atomic E-state index is -0.115. The predicted octanol–water partition coefficient (Wildman–Crippen LogP) is 1.50. The van der Waals surface area contributed by atoms with E-state index >= 15 is 0 Å². The molecule has 0 radical (unpaired) electrons. The second kappa shape index (κ2) is 4.18. The van der Waals surface area contributed by atoms with Crippen molar-refractivity contribution in [3.8, 4) is 0 Å². The van der Waals surface area contributed by atoms with E-state index in [-0.39, 0.29) is 5.91 Å². The molecule has 1 aromatic rings. The number of aromatic nitrogens is 1. The van der Waals surface area contributed by atoms with Gasteiger partial charge in [-0.2, -0.15) is 0 Å². The Hall–Kier alpha value is -1.10. The maximum atomic E-state index is 11.6. The number of rotatable bonds is 4. The van der Waals surface area contributed by atoms with Crippen LogP contribution in [-0.4, -0.2) is 17.4 Å². The van der Waals surface area contributed by atoms with Crippen LogP contribution in [0.4, 0.5) is 5.13 Å². The molecule has 1 atom stereocenters. The van der Waals surface area contributed by atoms with Gasteiger partial charge < -0.3 is 11.1 Å². The molecule has 1 unspecified atom stereocenters. The minimum Gasteiger partial charge on any atom is -0.375 e. The van der Waals surface area contributed by atoms with Gasteiger partial charge in [0.15, 0.2) is 5.13 Å². The van der Waals surface area contributed by atoms with Crippen LogP contribution in [0.1, 0.15) is 30.3 Å². The molecule has 0 aliphatic heterocycles. The van der Waals surface area contributed by atoms with Crippen molar-refractivity contribution in [2.45, 2.75) is 19.8 Å². The SMILES string of the molecule is CC(CNC(=O)c1csc(N)n1)C1CC1. The van der Waals surface area contributed by atoms with E-state index in [1.807, 2.05) is 0 Å². The molecule has 0 spiro atoms. The predicted molar refractivity (Wildman–Crippen MR) is 60.7 cm³/mol. The highest BCUT2D eigenvalue weighted by molar-refractivity contribution is 7.13. The zero-order valence-electron chi connectivity index (χ0n) is 8.69. The highest BCUT2D eigenvalue weighted by Crippen LogP contribution is 2.36. The quantitative estimate of drug-likeness (QED) is 0.816. The van der Waals surface area contributed by atoms with E-state index in [2.05, 4.69) is 17.2 Å². The Bertz CT molecular complexity index is 359. The summed E-state index contributed by atoms with van der Waals surface area (Å²) < 4.78 is 0. The molecule has 1 saturated carbocycles. The number of nitrogens with zero attached hydrogens (tertiary/aromatic N) is 1. The summed E-state index contributed by atoms with van der Waals surface area (Å²) in [5.41, 5.74) is 5.89. The molecule has 0 bridgehead atoms. The van der Waals surface area contributed by atoms with Gasteiger partial charge in [0.05, 0.1) is 0 Å². The lowest BCUT2D eigenvalue weighted by atomic mass is 10.1. The van der Waals surface area contributed by atoms with Crippen LogP contribution in [-0.2, 0) is 0 Å². The summed E-state index contributed by atoms with van der Waals surface area (Å²) in [5.74, 6) is 1.27. The number of nitrogens with two attached hydrogens (primary N) is 1. The Balaban J connectivity index is 1.81. The molecule has 2 rings (SSSR count). The fourth-order valence-electron chi connectivity index (χ4n) is 1.57. The Morgan fingerprint density at radius 2 is 2.53 bits per heavy atom.